The van der Waals surface area contributed by atoms with Crippen LogP contribution >= 0.6 is 0 Å². The second-order valence-corrected chi connectivity index (χ2v) is 3.95. The molecule has 0 unspecified atom stereocenters. The first-order chi connectivity index (χ1) is 7.86. The number of nitrogens with one attached hydrogen (secondary N) is 1. The minimum Gasteiger partial charge on any atom is -0.492 e. The molecule has 0 amide bonds. The summed E-state index contributed by atoms with van der Waals surface area (Å²) >= 11 is 0. The van der Waals surface area contributed by atoms with Gasteiger partial charge in [-0.1, -0.05) is 32.4 Å². The molecular formula is C14H23NO. The van der Waals surface area contributed by atoms with Crippen LogP contribution in [0, 0.1) is 0 Å². The Morgan fingerprint density at radius 3 is 2.81 bits per heavy atom. The van der Waals surface area contributed by atoms with Crippen molar-refractivity contribution in [2.45, 2.75) is 33.1 Å². The molecule has 0 saturated carbocycles. The van der Waals surface area contributed by atoms with Crippen LogP contribution in [0.3, 0.4) is 0 Å². The molecule has 0 bridgehead atoms. The van der Waals surface area contributed by atoms with Gasteiger partial charge in [0.15, 0.2) is 0 Å². The van der Waals surface area contributed by atoms with Gasteiger partial charge in [-0.05, 0) is 37.1 Å². The molecule has 90 valence electrons. The molecule has 0 heterocycles. The van der Waals surface area contributed by atoms with Crippen molar-refractivity contribution in [1.29, 1.82) is 0 Å². The van der Waals surface area contributed by atoms with E-state index in [0.717, 1.165) is 31.9 Å². The molecule has 1 rings (SSSR count). The number of rotatable bonds is 8. The molecule has 0 aliphatic heterocycles. The number of aryl methyl sites for hydroxylation is 1. The van der Waals surface area contributed by atoms with E-state index in [1.165, 1.54) is 18.4 Å². The second-order valence-electron chi connectivity index (χ2n) is 3.95. The third kappa shape index (κ3) is 5.17. The SMILES string of the molecule is CCCCNCCOc1cccc(CC)c1. The Bertz CT molecular complexity index is 286. The summed E-state index contributed by atoms with van der Waals surface area (Å²) in [5.74, 6) is 0.983. The van der Waals surface area contributed by atoms with E-state index in [1.54, 1.807) is 0 Å². The van der Waals surface area contributed by atoms with Crippen LogP contribution < -0.4 is 10.1 Å². The molecule has 2 heteroatoms. The van der Waals surface area contributed by atoms with Crippen LogP contribution in [-0.4, -0.2) is 19.7 Å². The van der Waals surface area contributed by atoms with Gasteiger partial charge in [-0.25, -0.2) is 0 Å². The molecule has 16 heavy (non-hydrogen) atoms. The largest absolute Gasteiger partial charge is 0.492 e. The van der Waals surface area contributed by atoms with Gasteiger partial charge in [-0.15, -0.1) is 0 Å². The number of hydrogen-bond acceptors (Lipinski definition) is 2. The summed E-state index contributed by atoms with van der Waals surface area (Å²) in [5, 5.41) is 3.36. The van der Waals surface area contributed by atoms with E-state index in [1.807, 2.05) is 6.07 Å². The van der Waals surface area contributed by atoms with Gasteiger partial charge in [0.1, 0.15) is 12.4 Å². The van der Waals surface area contributed by atoms with Crippen molar-refractivity contribution in [2.75, 3.05) is 19.7 Å². The highest BCUT2D eigenvalue weighted by atomic mass is 16.5. The number of unbranched alkanes of at least 4 members (excludes halogenated alkanes) is 1. The van der Waals surface area contributed by atoms with E-state index in [-0.39, 0.29) is 0 Å². The van der Waals surface area contributed by atoms with E-state index in [2.05, 4.69) is 37.4 Å². The number of hydrogen-bond donors (Lipinski definition) is 1. The average Bonchev–Trinajstić information content (AvgIpc) is 2.34. The highest BCUT2D eigenvalue weighted by molar-refractivity contribution is 5.28. The summed E-state index contributed by atoms with van der Waals surface area (Å²) in [6.45, 7) is 7.13. The molecule has 0 aliphatic carbocycles. The Hall–Kier alpha value is -1.02. The third-order valence-corrected chi connectivity index (χ3v) is 2.56. The van der Waals surface area contributed by atoms with E-state index >= 15 is 0 Å². The Morgan fingerprint density at radius 1 is 1.19 bits per heavy atom. The van der Waals surface area contributed by atoms with Gasteiger partial charge in [0, 0.05) is 6.54 Å². The maximum Gasteiger partial charge on any atom is 0.119 e. The van der Waals surface area contributed by atoms with Gasteiger partial charge in [0.25, 0.3) is 0 Å². The summed E-state index contributed by atoms with van der Waals surface area (Å²) in [6, 6.07) is 8.32. The molecule has 0 spiro atoms. The van der Waals surface area contributed by atoms with Crippen molar-refractivity contribution >= 4 is 0 Å². The van der Waals surface area contributed by atoms with E-state index in [4.69, 9.17) is 4.74 Å². The first-order valence-electron chi connectivity index (χ1n) is 6.29. The normalized spacial score (nSPS) is 10.4. The zero-order valence-electron chi connectivity index (χ0n) is 10.5. The Kier molecular flexibility index (Phi) is 6.66. The Morgan fingerprint density at radius 2 is 2.06 bits per heavy atom. The van der Waals surface area contributed by atoms with Crippen LogP contribution in [-0.2, 0) is 6.42 Å². The van der Waals surface area contributed by atoms with Crippen molar-refractivity contribution in [1.82, 2.24) is 5.32 Å². The smallest absolute Gasteiger partial charge is 0.119 e. The van der Waals surface area contributed by atoms with Gasteiger partial charge < -0.3 is 10.1 Å². The van der Waals surface area contributed by atoms with Crippen LogP contribution in [0.5, 0.6) is 5.75 Å². The molecule has 0 atom stereocenters. The third-order valence-electron chi connectivity index (χ3n) is 2.56. The first-order valence-corrected chi connectivity index (χ1v) is 6.29. The molecule has 2 nitrogen and oxygen atoms in total. The molecule has 1 N–H and O–H groups in total. The van der Waals surface area contributed by atoms with Crippen LogP contribution in [0.2, 0.25) is 0 Å². The van der Waals surface area contributed by atoms with E-state index in [9.17, 15) is 0 Å². The average molecular weight is 221 g/mol. The van der Waals surface area contributed by atoms with Crippen molar-refractivity contribution in [3.63, 3.8) is 0 Å². The topological polar surface area (TPSA) is 21.3 Å². The lowest BCUT2D eigenvalue weighted by molar-refractivity contribution is 0.313. The molecule has 1 aromatic carbocycles. The van der Waals surface area contributed by atoms with Crippen LogP contribution in [0.4, 0.5) is 0 Å². The quantitative estimate of drug-likeness (QED) is 0.681. The van der Waals surface area contributed by atoms with E-state index in [0.29, 0.717) is 0 Å². The zero-order valence-corrected chi connectivity index (χ0v) is 10.5. The minimum atomic E-state index is 0.747. The summed E-state index contributed by atoms with van der Waals surface area (Å²) in [5.41, 5.74) is 1.33. The van der Waals surface area contributed by atoms with Crippen molar-refractivity contribution in [2.24, 2.45) is 0 Å². The van der Waals surface area contributed by atoms with Gasteiger partial charge in [-0.2, -0.15) is 0 Å². The molecule has 1 aromatic rings. The van der Waals surface area contributed by atoms with Crippen molar-refractivity contribution in [3.8, 4) is 5.75 Å². The predicted molar refractivity (Wildman–Crippen MR) is 69.1 cm³/mol. The summed E-state index contributed by atoms with van der Waals surface area (Å²) < 4.78 is 5.67. The summed E-state index contributed by atoms with van der Waals surface area (Å²) in [7, 11) is 0. The molecule has 0 aliphatic rings. The summed E-state index contributed by atoms with van der Waals surface area (Å²) in [4.78, 5) is 0. The highest BCUT2D eigenvalue weighted by Crippen LogP contribution is 2.13. The monoisotopic (exact) mass is 221 g/mol. The van der Waals surface area contributed by atoms with Gasteiger partial charge in [0.05, 0.1) is 0 Å². The Labute approximate surface area is 99.0 Å². The Balaban J connectivity index is 2.16. The van der Waals surface area contributed by atoms with Gasteiger partial charge in [-0.3, -0.25) is 0 Å². The standard InChI is InChI=1S/C14H23NO/c1-3-5-9-15-10-11-16-14-8-6-7-13(4-2)12-14/h6-8,12,15H,3-5,9-11H2,1-2H3. The lowest BCUT2D eigenvalue weighted by atomic mass is 10.2. The maximum atomic E-state index is 5.67. The fourth-order valence-corrected chi connectivity index (χ4v) is 1.52. The lowest BCUT2D eigenvalue weighted by Crippen LogP contribution is -2.21. The van der Waals surface area contributed by atoms with Crippen molar-refractivity contribution < 1.29 is 4.74 Å². The molecule has 0 fully saturated rings. The van der Waals surface area contributed by atoms with Crippen LogP contribution in [0.15, 0.2) is 24.3 Å². The van der Waals surface area contributed by atoms with Crippen LogP contribution in [0.25, 0.3) is 0 Å². The molecule has 0 saturated heterocycles. The molecule has 0 aromatic heterocycles. The zero-order chi connectivity index (χ0) is 11.6. The number of benzene rings is 1. The minimum absolute atomic E-state index is 0.747. The fourth-order valence-electron chi connectivity index (χ4n) is 1.52. The fraction of sp³-hybridized carbons (Fsp3) is 0.571. The predicted octanol–water partition coefficient (Wildman–Crippen LogP) is 3.02. The van der Waals surface area contributed by atoms with Crippen molar-refractivity contribution in [3.05, 3.63) is 29.8 Å². The van der Waals surface area contributed by atoms with Crippen LogP contribution in [0.1, 0.15) is 32.3 Å². The second kappa shape index (κ2) is 8.17. The highest BCUT2D eigenvalue weighted by Gasteiger charge is 1.95. The van der Waals surface area contributed by atoms with Gasteiger partial charge >= 0.3 is 0 Å². The summed E-state index contributed by atoms with van der Waals surface area (Å²) in [6.07, 6.45) is 3.55. The lowest BCUT2D eigenvalue weighted by Gasteiger charge is -2.08. The molecule has 0 radical (unpaired) electrons. The molecular weight excluding hydrogens is 198 g/mol. The first kappa shape index (κ1) is 13.0. The van der Waals surface area contributed by atoms with Gasteiger partial charge in [0.2, 0.25) is 0 Å². The van der Waals surface area contributed by atoms with E-state index < -0.39 is 0 Å². The maximum absolute atomic E-state index is 5.67. The number of ether oxygens (including phenoxy) is 1.